The van der Waals surface area contributed by atoms with Crippen molar-refractivity contribution in [1.29, 1.82) is 0 Å². The van der Waals surface area contributed by atoms with E-state index in [-0.39, 0.29) is 5.54 Å². The predicted octanol–water partition coefficient (Wildman–Crippen LogP) is 2.26. The van der Waals surface area contributed by atoms with Crippen molar-refractivity contribution >= 4 is 0 Å². The molecule has 2 rings (SSSR count). The van der Waals surface area contributed by atoms with Gasteiger partial charge in [-0.05, 0) is 52.5 Å². The first-order chi connectivity index (χ1) is 8.46. The minimum atomic E-state index is 0.231. The third kappa shape index (κ3) is 3.94. The standard InChI is InChI=1S/C15H30N2O/c1-12(10-16-15(2,3)4)11-17-8-9-18-14-7-5-6-13(14)17/h12-14,16H,5-11H2,1-4H3. The van der Waals surface area contributed by atoms with E-state index in [9.17, 15) is 0 Å². The zero-order chi connectivity index (χ0) is 13.2. The quantitative estimate of drug-likeness (QED) is 0.833. The summed E-state index contributed by atoms with van der Waals surface area (Å²) in [4.78, 5) is 2.68. The average molecular weight is 254 g/mol. The third-order valence-corrected chi connectivity index (χ3v) is 4.12. The first-order valence-corrected chi connectivity index (χ1v) is 7.56. The fourth-order valence-electron chi connectivity index (χ4n) is 3.18. The molecule has 0 aromatic rings. The zero-order valence-electron chi connectivity index (χ0n) is 12.5. The zero-order valence-corrected chi connectivity index (χ0v) is 12.5. The summed E-state index contributed by atoms with van der Waals surface area (Å²) >= 11 is 0. The van der Waals surface area contributed by atoms with Gasteiger partial charge in [0, 0.05) is 24.7 Å². The lowest BCUT2D eigenvalue weighted by atomic mass is 10.0. The van der Waals surface area contributed by atoms with E-state index in [2.05, 4.69) is 37.9 Å². The largest absolute Gasteiger partial charge is 0.375 e. The Bertz CT molecular complexity index is 262. The molecule has 0 spiro atoms. The van der Waals surface area contributed by atoms with Crippen molar-refractivity contribution < 1.29 is 4.74 Å². The Kier molecular flexibility index (Phi) is 4.68. The normalized spacial score (nSPS) is 31.3. The van der Waals surface area contributed by atoms with E-state index in [1.54, 1.807) is 0 Å². The van der Waals surface area contributed by atoms with E-state index in [0.29, 0.717) is 18.1 Å². The van der Waals surface area contributed by atoms with Crippen LogP contribution in [0.2, 0.25) is 0 Å². The van der Waals surface area contributed by atoms with Crippen LogP contribution in [0.1, 0.15) is 47.0 Å². The smallest absolute Gasteiger partial charge is 0.0730 e. The van der Waals surface area contributed by atoms with Crippen molar-refractivity contribution in [3.05, 3.63) is 0 Å². The minimum absolute atomic E-state index is 0.231. The van der Waals surface area contributed by atoms with E-state index >= 15 is 0 Å². The second kappa shape index (κ2) is 5.89. The number of morpholine rings is 1. The van der Waals surface area contributed by atoms with Gasteiger partial charge in [0.2, 0.25) is 0 Å². The lowest BCUT2D eigenvalue weighted by molar-refractivity contribution is -0.0595. The maximum atomic E-state index is 5.87. The van der Waals surface area contributed by atoms with Crippen molar-refractivity contribution in [3.8, 4) is 0 Å². The van der Waals surface area contributed by atoms with Crippen LogP contribution in [0.3, 0.4) is 0 Å². The first-order valence-electron chi connectivity index (χ1n) is 7.56. The lowest BCUT2D eigenvalue weighted by Gasteiger charge is -2.39. The Morgan fingerprint density at radius 3 is 2.83 bits per heavy atom. The molecule has 1 aliphatic heterocycles. The van der Waals surface area contributed by atoms with E-state index in [4.69, 9.17) is 4.74 Å². The van der Waals surface area contributed by atoms with Gasteiger partial charge in [0.1, 0.15) is 0 Å². The van der Waals surface area contributed by atoms with E-state index in [1.165, 1.54) is 25.8 Å². The second-order valence-corrected chi connectivity index (χ2v) is 7.14. The van der Waals surface area contributed by atoms with Crippen molar-refractivity contribution in [2.45, 2.75) is 64.6 Å². The van der Waals surface area contributed by atoms with Gasteiger partial charge in [-0.3, -0.25) is 4.90 Å². The Morgan fingerprint density at radius 1 is 1.33 bits per heavy atom. The predicted molar refractivity (Wildman–Crippen MR) is 75.9 cm³/mol. The van der Waals surface area contributed by atoms with Crippen LogP contribution >= 0.6 is 0 Å². The number of fused-ring (bicyclic) bond motifs is 1. The third-order valence-electron chi connectivity index (χ3n) is 4.12. The minimum Gasteiger partial charge on any atom is -0.375 e. The molecule has 0 aromatic heterocycles. The van der Waals surface area contributed by atoms with Crippen molar-refractivity contribution in [2.75, 3.05) is 26.2 Å². The molecular weight excluding hydrogens is 224 g/mol. The highest BCUT2D eigenvalue weighted by molar-refractivity contribution is 4.90. The molecule has 3 nitrogen and oxygen atoms in total. The van der Waals surface area contributed by atoms with Crippen LogP contribution in [0, 0.1) is 5.92 Å². The summed E-state index contributed by atoms with van der Waals surface area (Å²) in [5.41, 5.74) is 0.231. The summed E-state index contributed by atoms with van der Waals surface area (Å²) in [6.45, 7) is 13.5. The van der Waals surface area contributed by atoms with Crippen LogP contribution in [-0.4, -0.2) is 48.8 Å². The van der Waals surface area contributed by atoms with Crippen LogP contribution in [0.5, 0.6) is 0 Å². The molecule has 3 atom stereocenters. The molecule has 0 bridgehead atoms. The highest BCUT2D eigenvalue weighted by Crippen LogP contribution is 2.29. The summed E-state index contributed by atoms with van der Waals surface area (Å²) in [7, 11) is 0. The highest BCUT2D eigenvalue weighted by atomic mass is 16.5. The molecule has 1 aliphatic carbocycles. The van der Waals surface area contributed by atoms with Gasteiger partial charge < -0.3 is 10.1 Å². The van der Waals surface area contributed by atoms with Gasteiger partial charge in [0.25, 0.3) is 0 Å². The summed E-state index contributed by atoms with van der Waals surface area (Å²) in [6, 6.07) is 0.704. The van der Waals surface area contributed by atoms with Gasteiger partial charge in [0.15, 0.2) is 0 Å². The topological polar surface area (TPSA) is 24.5 Å². The maximum absolute atomic E-state index is 5.87. The van der Waals surface area contributed by atoms with E-state index in [1.807, 2.05) is 0 Å². The van der Waals surface area contributed by atoms with E-state index < -0.39 is 0 Å². The van der Waals surface area contributed by atoms with Crippen molar-refractivity contribution in [3.63, 3.8) is 0 Å². The van der Waals surface area contributed by atoms with E-state index in [0.717, 1.165) is 19.7 Å². The highest BCUT2D eigenvalue weighted by Gasteiger charge is 2.36. The van der Waals surface area contributed by atoms with Gasteiger partial charge in [-0.15, -0.1) is 0 Å². The van der Waals surface area contributed by atoms with Gasteiger partial charge >= 0.3 is 0 Å². The molecule has 18 heavy (non-hydrogen) atoms. The Labute approximate surface area is 112 Å². The van der Waals surface area contributed by atoms with Gasteiger partial charge in [-0.25, -0.2) is 0 Å². The molecule has 0 radical (unpaired) electrons. The van der Waals surface area contributed by atoms with Crippen LogP contribution in [0.15, 0.2) is 0 Å². The van der Waals surface area contributed by atoms with Crippen LogP contribution < -0.4 is 5.32 Å². The fraction of sp³-hybridized carbons (Fsp3) is 1.00. The number of rotatable bonds is 4. The lowest BCUT2D eigenvalue weighted by Crippen LogP contribution is -2.51. The molecule has 106 valence electrons. The van der Waals surface area contributed by atoms with Gasteiger partial charge in [-0.1, -0.05) is 6.92 Å². The molecule has 3 unspecified atom stereocenters. The number of hydrogen-bond donors (Lipinski definition) is 1. The van der Waals surface area contributed by atoms with Crippen molar-refractivity contribution in [2.24, 2.45) is 5.92 Å². The maximum Gasteiger partial charge on any atom is 0.0730 e. The van der Waals surface area contributed by atoms with Crippen LogP contribution in [-0.2, 0) is 4.74 Å². The molecular formula is C15H30N2O. The van der Waals surface area contributed by atoms with Crippen LogP contribution in [0.4, 0.5) is 0 Å². The number of ether oxygens (including phenoxy) is 1. The Morgan fingerprint density at radius 2 is 2.11 bits per heavy atom. The molecule has 3 heteroatoms. The Hall–Kier alpha value is -0.120. The average Bonchev–Trinajstić information content (AvgIpc) is 2.74. The molecule has 1 heterocycles. The van der Waals surface area contributed by atoms with Crippen LogP contribution in [0.25, 0.3) is 0 Å². The van der Waals surface area contributed by atoms with Gasteiger partial charge in [-0.2, -0.15) is 0 Å². The molecule has 1 saturated carbocycles. The molecule has 0 aromatic carbocycles. The molecule has 2 fully saturated rings. The first kappa shape index (κ1) is 14.3. The second-order valence-electron chi connectivity index (χ2n) is 7.14. The summed E-state index contributed by atoms with van der Waals surface area (Å²) in [5.74, 6) is 0.712. The molecule has 2 aliphatic rings. The summed E-state index contributed by atoms with van der Waals surface area (Å²) < 4.78 is 5.87. The summed E-state index contributed by atoms with van der Waals surface area (Å²) in [6.07, 6.45) is 4.49. The number of nitrogens with zero attached hydrogens (tertiary/aromatic N) is 1. The number of hydrogen-bond acceptors (Lipinski definition) is 3. The monoisotopic (exact) mass is 254 g/mol. The molecule has 1 N–H and O–H groups in total. The van der Waals surface area contributed by atoms with Gasteiger partial charge in [0.05, 0.1) is 12.7 Å². The summed E-state index contributed by atoms with van der Waals surface area (Å²) in [5, 5.41) is 3.61. The SMILES string of the molecule is CC(CNC(C)(C)C)CN1CCOC2CCCC21. The number of nitrogens with one attached hydrogen (secondary N) is 1. The van der Waals surface area contributed by atoms with Crippen molar-refractivity contribution in [1.82, 2.24) is 10.2 Å². The Balaban J connectivity index is 1.77. The fourth-order valence-corrected chi connectivity index (χ4v) is 3.18. The molecule has 1 saturated heterocycles. The molecule has 0 amide bonds.